The van der Waals surface area contributed by atoms with Crippen molar-refractivity contribution >= 4 is 17.6 Å². The second-order valence-corrected chi connectivity index (χ2v) is 4.56. The van der Waals surface area contributed by atoms with Crippen LogP contribution in [-0.4, -0.2) is 23.5 Å². The molecule has 1 aromatic rings. The molecule has 96 valence electrons. The van der Waals surface area contributed by atoms with Crippen LogP contribution >= 0.6 is 0 Å². The summed E-state index contributed by atoms with van der Waals surface area (Å²) in [5.41, 5.74) is 1.91. The van der Waals surface area contributed by atoms with Gasteiger partial charge in [0.1, 0.15) is 0 Å². The largest absolute Gasteiger partial charge is 0.481 e. The second kappa shape index (κ2) is 5.67. The van der Waals surface area contributed by atoms with Gasteiger partial charge in [0.2, 0.25) is 5.91 Å². The fourth-order valence-electron chi connectivity index (χ4n) is 2.17. The number of piperidine rings is 1. The van der Waals surface area contributed by atoms with E-state index < -0.39 is 5.97 Å². The highest BCUT2D eigenvalue weighted by Gasteiger charge is 2.19. The first-order valence-corrected chi connectivity index (χ1v) is 6.28. The number of rotatable bonds is 4. The van der Waals surface area contributed by atoms with Gasteiger partial charge in [0, 0.05) is 25.1 Å². The van der Waals surface area contributed by atoms with Crippen molar-refractivity contribution in [3.8, 4) is 0 Å². The van der Waals surface area contributed by atoms with E-state index in [1.54, 1.807) is 0 Å². The average Bonchev–Trinajstić information content (AvgIpc) is 2.38. The van der Waals surface area contributed by atoms with Crippen molar-refractivity contribution in [2.75, 3.05) is 11.4 Å². The normalized spacial score (nSPS) is 15.8. The number of nitrogens with zero attached hydrogens (tertiary/aromatic N) is 1. The van der Waals surface area contributed by atoms with Gasteiger partial charge < -0.3 is 10.0 Å². The van der Waals surface area contributed by atoms with Crippen LogP contribution in [0.25, 0.3) is 0 Å². The molecule has 1 heterocycles. The van der Waals surface area contributed by atoms with E-state index in [1.807, 2.05) is 29.2 Å². The van der Waals surface area contributed by atoms with E-state index in [1.165, 1.54) is 0 Å². The van der Waals surface area contributed by atoms with Crippen molar-refractivity contribution < 1.29 is 14.7 Å². The molecule has 1 aromatic carbocycles. The molecule has 1 aliphatic heterocycles. The van der Waals surface area contributed by atoms with Crippen molar-refractivity contribution in [1.82, 2.24) is 0 Å². The molecule has 0 atom stereocenters. The van der Waals surface area contributed by atoms with Gasteiger partial charge in [-0.25, -0.2) is 0 Å². The molecule has 1 amide bonds. The molecule has 0 bridgehead atoms. The number of carbonyl (C=O) groups excluding carboxylic acids is 1. The molecule has 0 aliphatic carbocycles. The Morgan fingerprint density at radius 3 is 2.56 bits per heavy atom. The summed E-state index contributed by atoms with van der Waals surface area (Å²) >= 11 is 0. The molecule has 1 saturated heterocycles. The minimum absolute atomic E-state index is 0.141. The number of hydrogen-bond acceptors (Lipinski definition) is 2. The minimum atomic E-state index is -0.787. The summed E-state index contributed by atoms with van der Waals surface area (Å²) < 4.78 is 0. The molecule has 1 N–H and O–H groups in total. The van der Waals surface area contributed by atoms with E-state index in [4.69, 9.17) is 5.11 Å². The smallest absolute Gasteiger partial charge is 0.303 e. The van der Waals surface area contributed by atoms with Crippen LogP contribution in [0, 0.1) is 0 Å². The highest BCUT2D eigenvalue weighted by Crippen LogP contribution is 2.21. The molecule has 1 aliphatic rings. The number of anilines is 1. The lowest BCUT2D eigenvalue weighted by atomic mass is 10.1. The number of amides is 1. The number of carbonyl (C=O) groups is 2. The maximum absolute atomic E-state index is 11.7. The molecule has 4 heteroatoms. The maximum atomic E-state index is 11.7. The zero-order valence-electron chi connectivity index (χ0n) is 10.3. The van der Waals surface area contributed by atoms with Crippen LogP contribution in [0.5, 0.6) is 0 Å². The molecular formula is C14H17NO3. The van der Waals surface area contributed by atoms with Gasteiger partial charge in [0.15, 0.2) is 0 Å². The summed E-state index contributed by atoms with van der Waals surface area (Å²) in [4.78, 5) is 24.0. The average molecular weight is 247 g/mol. The first-order chi connectivity index (χ1) is 8.66. The topological polar surface area (TPSA) is 57.6 Å². The fourth-order valence-corrected chi connectivity index (χ4v) is 2.17. The van der Waals surface area contributed by atoms with Crippen LogP contribution in [0.4, 0.5) is 5.69 Å². The van der Waals surface area contributed by atoms with Crippen LogP contribution in [-0.2, 0) is 16.0 Å². The van der Waals surface area contributed by atoms with Crippen LogP contribution in [0.2, 0.25) is 0 Å². The molecule has 4 nitrogen and oxygen atoms in total. The molecule has 0 aromatic heterocycles. The van der Waals surface area contributed by atoms with E-state index in [0.717, 1.165) is 30.6 Å². The Kier molecular flexibility index (Phi) is 3.97. The number of carboxylic acid groups (broad SMARTS) is 1. The number of aryl methyl sites for hydroxylation is 1. The molecule has 1 fully saturated rings. The summed E-state index contributed by atoms with van der Waals surface area (Å²) in [6, 6.07) is 7.61. The molecule has 0 spiro atoms. The Labute approximate surface area is 106 Å². The van der Waals surface area contributed by atoms with Crippen LogP contribution in [0.1, 0.15) is 31.2 Å². The molecule has 0 radical (unpaired) electrons. The first-order valence-electron chi connectivity index (χ1n) is 6.28. The summed E-state index contributed by atoms with van der Waals surface area (Å²) in [6.45, 7) is 0.785. The predicted octanol–water partition coefficient (Wildman–Crippen LogP) is 2.22. The Hall–Kier alpha value is -1.84. The van der Waals surface area contributed by atoms with Crippen molar-refractivity contribution in [2.24, 2.45) is 0 Å². The van der Waals surface area contributed by atoms with E-state index in [9.17, 15) is 9.59 Å². The number of aliphatic carboxylic acids is 1. The molecule has 0 unspecified atom stereocenters. The SMILES string of the molecule is O=C(O)CCc1ccc(N2CCCCC2=O)cc1. The predicted molar refractivity (Wildman–Crippen MR) is 68.6 cm³/mol. The summed E-state index contributed by atoms with van der Waals surface area (Å²) in [7, 11) is 0. The number of hydrogen-bond donors (Lipinski definition) is 1. The summed E-state index contributed by atoms with van der Waals surface area (Å²) in [5.74, 6) is -0.607. The van der Waals surface area contributed by atoms with Gasteiger partial charge in [0.25, 0.3) is 0 Å². The third-order valence-corrected chi connectivity index (χ3v) is 3.20. The third-order valence-electron chi connectivity index (χ3n) is 3.20. The highest BCUT2D eigenvalue weighted by atomic mass is 16.4. The quantitative estimate of drug-likeness (QED) is 0.887. The molecule has 0 saturated carbocycles. The summed E-state index contributed by atoms with van der Waals surface area (Å²) in [5, 5.41) is 8.62. The first kappa shape index (κ1) is 12.6. The van der Waals surface area contributed by atoms with Crippen LogP contribution in [0.15, 0.2) is 24.3 Å². The van der Waals surface area contributed by atoms with Crippen molar-refractivity contribution in [3.05, 3.63) is 29.8 Å². The molecule has 18 heavy (non-hydrogen) atoms. The number of carboxylic acids is 1. The van der Waals surface area contributed by atoms with Gasteiger partial charge in [-0.15, -0.1) is 0 Å². The Morgan fingerprint density at radius 2 is 1.94 bits per heavy atom. The zero-order chi connectivity index (χ0) is 13.0. The maximum Gasteiger partial charge on any atom is 0.303 e. The van der Waals surface area contributed by atoms with Crippen LogP contribution in [0.3, 0.4) is 0 Å². The Bertz CT molecular complexity index is 439. The second-order valence-electron chi connectivity index (χ2n) is 4.56. The van der Waals surface area contributed by atoms with Crippen LogP contribution < -0.4 is 4.90 Å². The Morgan fingerprint density at radius 1 is 1.22 bits per heavy atom. The lowest BCUT2D eigenvalue weighted by molar-refractivity contribution is -0.137. The minimum Gasteiger partial charge on any atom is -0.481 e. The van der Waals surface area contributed by atoms with E-state index in [0.29, 0.717) is 12.8 Å². The third kappa shape index (κ3) is 3.09. The molecule has 2 rings (SSSR count). The van der Waals surface area contributed by atoms with Crippen molar-refractivity contribution in [2.45, 2.75) is 32.1 Å². The van der Waals surface area contributed by atoms with Crippen molar-refractivity contribution in [3.63, 3.8) is 0 Å². The van der Waals surface area contributed by atoms with Gasteiger partial charge >= 0.3 is 5.97 Å². The van der Waals surface area contributed by atoms with Gasteiger partial charge in [-0.05, 0) is 37.0 Å². The van der Waals surface area contributed by atoms with Gasteiger partial charge in [-0.3, -0.25) is 9.59 Å². The summed E-state index contributed by atoms with van der Waals surface area (Å²) in [6.07, 6.45) is 3.32. The number of benzene rings is 1. The Balaban J connectivity index is 2.02. The van der Waals surface area contributed by atoms with E-state index >= 15 is 0 Å². The highest BCUT2D eigenvalue weighted by molar-refractivity contribution is 5.93. The van der Waals surface area contributed by atoms with Gasteiger partial charge in [-0.1, -0.05) is 12.1 Å². The zero-order valence-corrected chi connectivity index (χ0v) is 10.3. The standard InChI is InChI=1S/C14H17NO3/c16-13-3-1-2-10-15(13)12-7-4-11(5-8-12)6-9-14(17)18/h4-5,7-8H,1-3,6,9-10H2,(H,17,18). The van der Waals surface area contributed by atoms with Gasteiger partial charge in [0.05, 0.1) is 0 Å². The molecular weight excluding hydrogens is 230 g/mol. The van der Waals surface area contributed by atoms with E-state index in [-0.39, 0.29) is 12.3 Å². The lowest BCUT2D eigenvalue weighted by Gasteiger charge is -2.26. The lowest BCUT2D eigenvalue weighted by Crippen LogP contribution is -2.35. The van der Waals surface area contributed by atoms with Crippen molar-refractivity contribution in [1.29, 1.82) is 0 Å². The monoisotopic (exact) mass is 247 g/mol. The van der Waals surface area contributed by atoms with E-state index in [2.05, 4.69) is 0 Å². The van der Waals surface area contributed by atoms with Gasteiger partial charge in [-0.2, -0.15) is 0 Å². The fraction of sp³-hybridized carbons (Fsp3) is 0.429.